The summed E-state index contributed by atoms with van der Waals surface area (Å²) in [5.74, 6) is -0.200. The normalized spacial score (nSPS) is 30.6. The molecule has 1 fully saturated rings. The predicted octanol–water partition coefficient (Wildman–Crippen LogP) is 2.26. The number of aliphatic hydroxyl groups is 1. The van der Waals surface area contributed by atoms with Crippen LogP contribution in [0.2, 0.25) is 0 Å². The van der Waals surface area contributed by atoms with E-state index in [-0.39, 0.29) is 36.0 Å². The average Bonchev–Trinajstić information content (AvgIpc) is 2.48. The molecule has 0 radical (unpaired) electrons. The Labute approximate surface area is 129 Å². The smallest absolute Gasteiger partial charge is 0.343 e. The quantitative estimate of drug-likeness (QED) is 0.626. The van der Waals surface area contributed by atoms with Crippen LogP contribution in [0, 0.1) is 5.92 Å². The van der Waals surface area contributed by atoms with Gasteiger partial charge >= 0.3 is 5.97 Å². The molecule has 3 aliphatic rings. The van der Waals surface area contributed by atoms with Gasteiger partial charge in [-0.1, -0.05) is 11.6 Å². The lowest BCUT2D eigenvalue weighted by molar-refractivity contribution is -0.140. The molecule has 1 aliphatic carbocycles. The predicted molar refractivity (Wildman–Crippen MR) is 80.9 cm³/mol. The molecule has 1 saturated heterocycles. The number of fused-ring (bicyclic) bond motifs is 3. The number of nitrogens with zero attached hydrogens (tertiary/aromatic N) is 1. The van der Waals surface area contributed by atoms with Crippen LogP contribution < -0.4 is 0 Å². The molecular formula is C17H21NO4. The van der Waals surface area contributed by atoms with E-state index in [0.717, 1.165) is 6.42 Å². The van der Waals surface area contributed by atoms with Crippen LogP contribution in [0.4, 0.5) is 0 Å². The van der Waals surface area contributed by atoms with Crippen molar-refractivity contribution in [3.05, 3.63) is 35.3 Å². The number of carbonyl (C=O) groups is 2. The van der Waals surface area contributed by atoms with Crippen molar-refractivity contribution in [1.29, 1.82) is 0 Å². The number of piperidine rings is 1. The van der Waals surface area contributed by atoms with Gasteiger partial charge in [0.2, 0.25) is 0 Å². The number of allylic oxidation sites excluding steroid dienone is 3. The minimum absolute atomic E-state index is 0.0107. The summed E-state index contributed by atoms with van der Waals surface area (Å²) < 4.78 is 4.98. The van der Waals surface area contributed by atoms with Crippen LogP contribution in [-0.2, 0) is 14.3 Å². The first kappa shape index (κ1) is 14.9. The van der Waals surface area contributed by atoms with Crippen molar-refractivity contribution in [1.82, 2.24) is 4.90 Å². The second-order valence-corrected chi connectivity index (χ2v) is 6.17. The van der Waals surface area contributed by atoms with E-state index >= 15 is 0 Å². The lowest BCUT2D eigenvalue weighted by Gasteiger charge is -2.48. The third-order valence-corrected chi connectivity index (χ3v) is 4.75. The maximum atomic E-state index is 12.3. The van der Waals surface area contributed by atoms with Crippen LogP contribution in [0.15, 0.2) is 35.3 Å². The highest BCUT2D eigenvalue weighted by molar-refractivity contribution is 6.17. The summed E-state index contributed by atoms with van der Waals surface area (Å²) in [4.78, 5) is 26.4. The van der Waals surface area contributed by atoms with Gasteiger partial charge in [0, 0.05) is 37.0 Å². The van der Waals surface area contributed by atoms with Gasteiger partial charge in [-0.2, -0.15) is 0 Å². The molecule has 3 unspecified atom stereocenters. The Morgan fingerprint density at radius 1 is 1.36 bits per heavy atom. The van der Waals surface area contributed by atoms with Crippen molar-refractivity contribution in [2.75, 3.05) is 6.61 Å². The van der Waals surface area contributed by atoms with Gasteiger partial charge in [-0.25, -0.2) is 4.79 Å². The molecule has 2 aliphatic heterocycles. The second-order valence-electron chi connectivity index (χ2n) is 6.17. The monoisotopic (exact) mass is 303 g/mol. The summed E-state index contributed by atoms with van der Waals surface area (Å²) >= 11 is 0. The molecule has 0 spiro atoms. The first-order valence-corrected chi connectivity index (χ1v) is 7.79. The molecule has 118 valence electrons. The number of ketones is 1. The number of hydrogen-bond acceptors (Lipinski definition) is 5. The molecule has 0 saturated carbocycles. The number of rotatable bonds is 2. The van der Waals surface area contributed by atoms with Crippen molar-refractivity contribution < 1.29 is 19.4 Å². The van der Waals surface area contributed by atoms with Crippen molar-refractivity contribution in [2.45, 2.75) is 45.2 Å². The van der Waals surface area contributed by atoms with Gasteiger partial charge in [0.15, 0.2) is 5.78 Å². The molecule has 0 aromatic carbocycles. The van der Waals surface area contributed by atoms with Gasteiger partial charge in [-0.15, -0.1) is 0 Å². The molecular weight excluding hydrogens is 282 g/mol. The van der Waals surface area contributed by atoms with E-state index in [2.05, 4.69) is 11.8 Å². The number of carbonyl (C=O) groups excluding carboxylic acids is 2. The molecule has 0 bridgehead atoms. The van der Waals surface area contributed by atoms with E-state index in [4.69, 9.17) is 4.74 Å². The van der Waals surface area contributed by atoms with Gasteiger partial charge in [0.05, 0.1) is 12.4 Å². The molecule has 3 atom stereocenters. The van der Waals surface area contributed by atoms with Crippen LogP contribution in [0.25, 0.3) is 0 Å². The lowest BCUT2D eigenvalue weighted by atomic mass is 9.74. The van der Waals surface area contributed by atoms with E-state index in [9.17, 15) is 14.7 Å². The highest BCUT2D eigenvalue weighted by atomic mass is 16.5. The molecule has 1 N–H and O–H groups in total. The van der Waals surface area contributed by atoms with Gasteiger partial charge in [-0.05, 0) is 26.3 Å². The Balaban J connectivity index is 1.91. The number of ether oxygens (including phenoxy) is 1. The zero-order chi connectivity index (χ0) is 15.9. The third-order valence-electron chi connectivity index (χ3n) is 4.75. The fourth-order valence-electron chi connectivity index (χ4n) is 3.70. The minimum Gasteiger partial charge on any atom is -0.512 e. The van der Waals surface area contributed by atoms with Crippen molar-refractivity contribution in [3.8, 4) is 0 Å². The SMILES string of the molecule is CCOC(=O)C1=CN2C(C)CC3=CC=C(O)CC3C2CC1=O. The molecule has 2 heterocycles. The van der Waals surface area contributed by atoms with Crippen LogP contribution in [0.3, 0.4) is 0 Å². The number of esters is 1. The van der Waals surface area contributed by atoms with Crippen molar-refractivity contribution >= 4 is 11.8 Å². The average molecular weight is 303 g/mol. The van der Waals surface area contributed by atoms with Crippen LogP contribution in [-0.4, -0.2) is 40.4 Å². The molecule has 5 heteroatoms. The van der Waals surface area contributed by atoms with Crippen LogP contribution >= 0.6 is 0 Å². The van der Waals surface area contributed by atoms with Crippen molar-refractivity contribution in [3.63, 3.8) is 0 Å². The zero-order valence-corrected chi connectivity index (χ0v) is 12.9. The Bertz CT molecular complexity index is 602. The summed E-state index contributed by atoms with van der Waals surface area (Å²) in [7, 11) is 0. The number of Topliss-reactive ketones (excluding diaryl/α,β-unsaturated/α-hetero) is 1. The molecule has 0 aromatic heterocycles. The molecule has 22 heavy (non-hydrogen) atoms. The summed E-state index contributed by atoms with van der Waals surface area (Å²) in [5, 5.41) is 9.80. The van der Waals surface area contributed by atoms with E-state index in [0.29, 0.717) is 18.6 Å². The van der Waals surface area contributed by atoms with E-state index in [1.807, 2.05) is 6.08 Å². The summed E-state index contributed by atoms with van der Waals surface area (Å²) in [6.45, 7) is 4.08. The Kier molecular flexibility index (Phi) is 3.81. The maximum Gasteiger partial charge on any atom is 0.343 e. The largest absolute Gasteiger partial charge is 0.512 e. The highest BCUT2D eigenvalue weighted by Gasteiger charge is 2.43. The van der Waals surface area contributed by atoms with Gasteiger partial charge in [0.1, 0.15) is 5.57 Å². The fourth-order valence-corrected chi connectivity index (χ4v) is 3.70. The van der Waals surface area contributed by atoms with E-state index < -0.39 is 5.97 Å². The Morgan fingerprint density at radius 2 is 2.14 bits per heavy atom. The topological polar surface area (TPSA) is 66.8 Å². The fraction of sp³-hybridized carbons (Fsp3) is 0.529. The first-order chi connectivity index (χ1) is 10.5. The van der Waals surface area contributed by atoms with Gasteiger partial charge in [-0.3, -0.25) is 4.79 Å². The van der Waals surface area contributed by atoms with Crippen LogP contribution in [0.5, 0.6) is 0 Å². The summed E-state index contributed by atoms with van der Waals surface area (Å²) in [6.07, 6.45) is 7.14. The van der Waals surface area contributed by atoms with Gasteiger partial charge in [0.25, 0.3) is 0 Å². The third kappa shape index (κ3) is 2.45. The minimum atomic E-state index is -0.536. The highest BCUT2D eigenvalue weighted by Crippen LogP contribution is 2.42. The maximum absolute atomic E-state index is 12.3. The molecule has 3 rings (SSSR count). The molecule has 0 aromatic rings. The Hall–Kier alpha value is -2.04. The molecule has 5 nitrogen and oxygen atoms in total. The summed E-state index contributed by atoms with van der Waals surface area (Å²) in [5.41, 5.74) is 1.43. The Morgan fingerprint density at radius 3 is 2.86 bits per heavy atom. The molecule has 0 amide bonds. The van der Waals surface area contributed by atoms with E-state index in [1.54, 1.807) is 19.2 Å². The lowest BCUT2D eigenvalue weighted by Crippen LogP contribution is -2.52. The first-order valence-electron chi connectivity index (χ1n) is 7.79. The van der Waals surface area contributed by atoms with Crippen molar-refractivity contribution in [2.24, 2.45) is 5.92 Å². The standard InChI is InChI=1S/C17H21NO4/c1-3-22-17(21)14-9-18-10(2)6-11-4-5-12(19)7-13(11)15(18)8-16(14)20/h4-5,9-10,13,15,19H,3,6-8H2,1-2H3. The zero-order valence-electron chi connectivity index (χ0n) is 12.9. The number of hydrogen-bond donors (Lipinski definition) is 1. The van der Waals surface area contributed by atoms with E-state index in [1.165, 1.54) is 5.57 Å². The van der Waals surface area contributed by atoms with Crippen LogP contribution in [0.1, 0.15) is 33.1 Å². The summed E-state index contributed by atoms with van der Waals surface area (Å²) in [6, 6.07) is 0.232. The second kappa shape index (κ2) is 5.63. The van der Waals surface area contributed by atoms with Gasteiger partial charge < -0.3 is 14.7 Å². The number of aliphatic hydroxyl groups excluding tert-OH is 1.